The maximum atomic E-state index is 12.8. The fraction of sp³-hybridized carbons (Fsp3) is 0.160. The molecule has 3 rings (SSSR count). The summed E-state index contributed by atoms with van der Waals surface area (Å²) in [5.41, 5.74) is 2.48. The predicted molar refractivity (Wildman–Crippen MR) is 124 cm³/mol. The van der Waals surface area contributed by atoms with Gasteiger partial charge in [0.1, 0.15) is 0 Å². The van der Waals surface area contributed by atoms with Crippen LogP contribution in [0.15, 0.2) is 78.9 Å². The first kappa shape index (κ1) is 23.0. The van der Waals surface area contributed by atoms with E-state index in [1.54, 1.807) is 49.5 Å². The molecule has 0 aliphatic rings. The van der Waals surface area contributed by atoms with Crippen molar-refractivity contribution in [3.63, 3.8) is 0 Å². The molecule has 0 bridgehead atoms. The molecule has 3 aromatic rings. The van der Waals surface area contributed by atoms with Crippen LogP contribution in [0.25, 0.3) is 0 Å². The third kappa shape index (κ3) is 6.18. The highest BCUT2D eigenvalue weighted by Gasteiger charge is 2.20. The van der Waals surface area contributed by atoms with Gasteiger partial charge in [0.05, 0.1) is 23.0 Å². The van der Waals surface area contributed by atoms with Gasteiger partial charge in [0.15, 0.2) is 0 Å². The van der Waals surface area contributed by atoms with E-state index in [1.807, 2.05) is 36.4 Å². The predicted octanol–water partition coefficient (Wildman–Crippen LogP) is 3.88. The fourth-order valence-electron chi connectivity index (χ4n) is 3.24. The minimum atomic E-state index is -0.530. The van der Waals surface area contributed by atoms with E-state index in [1.165, 1.54) is 0 Å². The summed E-state index contributed by atoms with van der Waals surface area (Å²) in [5, 5.41) is 8.70. The molecular formula is C25H24ClN3O3. The van der Waals surface area contributed by atoms with Crippen molar-refractivity contribution in [2.24, 2.45) is 0 Å². The Morgan fingerprint density at radius 3 is 2.31 bits per heavy atom. The second-order valence-corrected chi connectivity index (χ2v) is 7.58. The Hall–Kier alpha value is -3.64. The Bertz CT molecular complexity index is 1100. The first-order valence-corrected chi connectivity index (χ1v) is 10.5. The van der Waals surface area contributed by atoms with Gasteiger partial charge < -0.3 is 16.0 Å². The van der Waals surface area contributed by atoms with Gasteiger partial charge in [-0.05, 0) is 35.4 Å². The van der Waals surface area contributed by atoms with Crippen LogP contribution in [-0.2, 0) is 11.3 Å². The Balaban J connectivity index is 1.68. The van der Waals surface area contributed by atoms with Crippen LogP contribution in [0.2, 0.25) is 5.02 Å². The third-order valence-corrected chi connectivity index (χ3v) is 5.25. The largest absolute Gasteiger partial charge is 0.355 e. The van der Waals surface area contributed by atoms with Crippen LogP contribution < -0.4 is 16.0 Å². The van der Waals surface area contributed by atoms with Crippen molar-refractivity contribution in [1.29, 1.82) is 0 Å². The van der Waals surface area contributed by atoms with Gasteiger partial charge in [-0.3, -0.25) is 14.4 Å². The summed E-state index contributed by atoms with van der Waals surface area (Å²) in [6.45, 7) is 0.267. The number of hydrogen-bond acceptors (Lipinski definition) is 3. The molecule has 0 aliphatic carbocycles. The molecule has 1 atom stereocenters. The normalized spacial score (nSPS) is 11.3. The van der Waals surface area contributed by atoms with Crippen molar-refractivity contribution in [1.82, 2.24) is 16.0 Å². The SMILES string of the molecule is CNC(=O)c1cccc(CNC(=O)CC(NC(=O)c2ccccc2Cl)c2ccccc2)c1. The third-order valence-electron chi connectivity index (χ3n) is 4.92. The highest BCUT2D eigenvalue weighted by molar-refractivity contribution is 6.33. The number of nitrogens with one attached hydrogen (secondary N) is 3. The molecule has 3 N–H and O–H groups in total. The van der Waals surface area contributed by atoms with Crippen molar-refractivity contribution < 1.29 is 14.4 Å². The van der Waals surface area contributed by atoms with Gasteiger partial charge in [0, 0.05) is 19.2 Å². The molecule has 0 aliphatic heterocycles. The summed E-state index contributed by atoms with van der Waals surface area (Å²) in [6.07, 6.45) is 0.0509. The molecule has 0 fully saturated rings. The lowest BCUT2D eigenvalue weighted by Gasteiger charge is -2.19. The summed E-state index contributed by atoms with van der Waals surface area (Å²) in [7, 11) is 1.57. The number of carbonyl (C=O) groups excluding carboxylic acids is 3. The summed E-state index contributed by atoms with van der Waals surface area (Å²) >= 11 is 6.15. The number of hydrogen-bond donors (Lipinski definition) is 3. The van der Waals surface area contributed by atoms with E-state index in [0.29, 0.717) is 16.1 Å². The van der Waals surface area contributed by atoms with Crippen LogP contribution in [-0.4, -0.2) is 24.8 Å². The molecule has 3 aromatic carbocycles. The van der Waals surface area contributed by atoms with Crippen molar-refractivity contribution in [2.45, 2.75) is 19.0 Å². The standard InChI is InChI=1S/C25H24ClN3O3/c1-27-24(31)19-11-7-8-17(14-19)16-28-23(30)15-22(18-9-3-2-4-10-18)29-25(32)20-12-5-6-13-21(20)26/h2-14,22H,15-16H2,1H3,(H,27,31)(H,28,30)(H,29,32). The van der Waals surface area contributed by atoms with Crippen LogP contribution in [0.1, 0.15) is 44.3 Å². The van der Waals surface area contributed by atoms with E-state index in [-0.39, 0.29) is 30.7 Å². The highest BCUT2D eigenvalue weighted by atomic mass is 35.5. The number of amides is 3. The van der Waals surface area contributed by atoms with Crippen molar-refractivity contribution in [2.75, 3.05) is 7.05 Å². The van der Waals surface area contributed by atoms with E-state index >= 15 is 0 Å². The lowest BCUT2D eigenvalue weighted by molar-refractivity contribution is -0.121. The van der Waals surface area contributed by atoms with Crippen LogP contribution in [0.5, 0.6) is 0 Å². The average molecular weight is 450 g/mol. The second-order valence-electron chi connectivity index (χ2n) is 7.18. The smallest absolute Gasteiger partial charge is 0.253 e. The molecular weight excluding hydrogens is 426 g/mol. The molecule has 0 aromatic heterocycles. The molecule has 3 amide bonds. The zero-order valence-electron chi connectivity index (χ0n) is 17.6. The lowest BCUT2D eigenvalue weighted by Crippen LogP contribution is -2.33. The molecule has 0 radical (unpaired) electrons. The van der Waals surface area contributed by atoms with Gasteiger partial charge in [-0.25, -0.2) is 0 Å². The van der Waals surface area contributed by atoms with Gasteiger partial charge >= 0.3 is 0 Å². The van der Waals surface area contributed by atoms with Gasteiger partial charge in [-0.1, -0.05) is 66.2 Å². The van der Waals surface area contributed by atoms with E-state index in [9.17, 15) is 14.4 Å². The van der Waals surface area contributed by atoms with Crippen LogP contribution in [0.3, 0.4) is 0 Å². The Labute approximate surface area is 192 Å². The number of halogens is 1. The fourth-order valence-corrected chi connectivity index (χ4v) is 3.47. The topological polar surface area (TPSA) is 87.3 Å². The summed E-state index contributed by atoms with van der Waals surface area (Å²) < 4.78 is 0. The monoisotopic (exact) mass is 449 g/mol. The van der Waals surface area contributed by atoms with Crippen LogP contribution in [0.4, 0.5) is 0 Å². The number of rotatable bonds is 8. The minimum absolute atomic E-state index is 0.0509. The molecule has 7 heteroatoms. The lowest BCUT2D eigenvalue weighted by atomic mass is 10.0. The summed E-state index contributed by atoms with van der Waals surface area (Å²) in [4.78, 5) is 37.3. The molecule has 6 nitrogen and oxygen atoms in total. The molecule has 164 valence electrons. The first-order valence-electron chi connectivity index (χ1n) is 10.2. The molecule has 32 heavy (non-hydrogen) atoms. The van der Waals surface area contributed by atoms with E-state index in [4.69, 9.17) is 11.6 Å². The Morgan fingerprint density at radius 2 is 1.59 bits per heavy atom. The number of benzene rings is 3. The van der Waals surface area contributed by atoms with Gasteiger partial charge in [0.25, 0.3) is 11.8 Å². The minimum Gasteiger partial charge on any atom is -0.355 e. The van der Waals surface area contributed by atoms with E-state index in [0.717, 1.165) is 11.1 Å². The Morgan fingerprint density at radius 1 is 0.875 bits per heavy atom. The zero-order chi connectivity index (χ0) is 22.9. The van der Waals surface area contributed by atoms with Crippen molar-refractivity contribution in [3.8, 4) is 0 Å². The number of carbonyl (C=O) groups is 3. The highest BCUT2D eigenvalue weighted by Crippen LogP contribution is 2.20. The second kappa shape index (κ2) is 11.1. The quantitative estimate of drug-likeness (QED) is 0.487. The molecule has 0 saturated carbocycles. The summed E-state index contributed by atoms with van der Waals surface area (Å²) in [6, 6.07) is 22.6. The van der Waals surface area contributed by atoms with Crippen LogP contribution in [0, 0.1) is 0 Å². The molecule has 1 unspecified atom stereocenters. The van der Waals surface area contributed by atoms with Gasteiger partial charge in [0.2, 0.25) is 5.91 Å². The zero-order valence-corrected chi connectivity index (χ0v) is 18.4. The van der Waals surface area contributed by atoms with Gasteiger partial charge in [-0.2, -0.15) is 0 Å². The average Bonchev–Trinajstić information content (AvgIpc) is 2.82. The molecule has 0 saturated heterocycles. The van der Waals surface area contributed by atoms with Crippen molar-refractivity contribution >= 4 is 29.3 Å². The van der Waals surface area contributed by atoms with Gasteiger partial charge in [-0.15, -0.1) is 0 Å². The summed E-state index contributed by atoms with van der Waals surface area (Å²) in [5.74, 6) is -0.774. The maximum absolute atomic E-state index is 12.8. The molecule has 0 spiro atoms. The Kier molecular flexibility index (Phi) is 8.00. The van der Waals surface area contributed by atoms with Crippen LogP contribution >= 0.6 is 11.6 Å². The van der Waals surface area contributed by atoms with Crippen molar-refractivity contribution in [3.05, 3.63) is 106 Å². The van der Waals surface area contributed by atoms with E-state index < -0.39 is 6.04 Å². The van der Waals surface area contributed by atoms with E-state index in [2.05, 4.69) is 16.0 Å². The first-order chi connectivity index (χ1) is 15.5. The molecule has 0 heterocycles. The maximum Gasteiger partial charge on any atom is 0.253 e.